The van der Waals surface area contributed by atoms with Gasteiger partial charge in [0.1, 0.15) is 11.5 Å². The Morgan fingerprint density at radius 1 is 0.643 bits per heavy atom. The lowest BCUT2D eigenvalue weighted by Gasteiger charge is -2.22. The topological polar surface area (TPSA) is 73.8 Å². The van der Waals surface area contributed by atoms with Crippen molar-refractivity contribution in [1.29, 1.82) is 0 Å². The van der Waals surface area contributed by atoms with E-state index in [1.54, 1.807) is 23.1 Å². The van der Waals surface area contributed by atoms with Gasteiger partial charge in [0.2, 0.25) is 5.69 Å². The maximum Gasteiger partial charge on any atom is 0.380 e. The van der Waals surface area contributed by atoms with Crippen molar-refractivity contribution in [3.63, 3.8) is 0 Å². The van der Waals surface area contributed by atoms with E-state index in [0.717, 1.165) is 14.9 Å². The highest BCUT2D eigenvalue weighted by Crippen LogP contribution is 2.62. The zero-order valence-electron chi connectivity index (χ0n) is 25.3. The van der Waals surface area contributed by atoms with Gasteiger partial charge in [0.15, 0.2) is 0 Å². The van der Waals surface area contributed by atoms with Gasteiger partial charge >= 0.3 is 13.4 Å². The molecule has 0 aliphatic heterocycles. The van der Waals surface area contributed by atoms with Crippen LogP contribution in [0.2, 0.25) is 0 Å². The molecule has 240 valence electrons. The number of benzene rings is 2. The Kier molecular flexibility index (Phi) is 19.6. The molecule has 0 aliphatic carbocycles. The van der Waals surface area contributed by atoms with Crippen LogP contribution in [-0.4, -0.2) is 51.5 Å². The van der Waals surface area contributed by atoms with Gasteiger partial charge < -0.3 is 36.2 Å². The van der Waals surface area contributed by atoms with E-state index in [9.17, 15) is 0 Å². The number of hydrogen-bond acceptors (Lipinski definition) is 14. The minimum Gasteiger partial charge on any atom is -0.424 e. The Labute approximate surface area is 279 Å². The van der Waals surface area contributed by atoms with E-state index in [0.29, 0.717) is 24.7 Å². The molecule has 2 rings (SSSR count). The van der Waals surface area contributed by atoms with Crippen molar-refractivity contribution in [2.24, 2.45) is 0 Å². The van der Waals surface area contributed by atoms with Crippen LogP contribution in [0.5, 0.6) is 11.5 Å². The van der Waals surface area contributed by atoms with Gasteiger partial charge in [-0.3, -0.25) is 0 Å². The summed E-state index contributed by atoms with van der Waals surface area (Å²) in [6, 6.07) is 15.0. The van der Waals surface area contributed by atoms with Crippen LogP contribution < -0.4 is 9.05 Å². The number of rotatable bonds is 17. The molecule has 8 nitrogen and oxygen atoms in total. The highest BCUT2D eigenvalue weighted by Gasteiger charge is 2.21. The van der Waals surface area contributed by atoms with Gasteiger partial charge in [0.05, 0.1) is 13.2 Å². The van der Waals surface area contributed by atoms with E-state index in [1.165, 1.54) is 28.4 Å². The molecule has 0 saturated carbocycles. The van der Waals surface area contributed by atoms with Gasteiger partial charge in [0.25, 0.3) is 0 Å². The quantitative estimate of drug-likeness (QED) is 0.114. The molecule has 0 atom stereocenters. The summed E-state index contributed by atoms with van der Waals surface area (Å²) in [5.41, 5.74) is -2.08. The van der Waals surface area contributed by atoms with Crippen LogP contribution in [0.1, 0.15) is 34.6 Å². The molecule has 0 heterocycles. The highest BCUT2D eigenvalue weighted by molar-refractivity contribution is 8.69. The first-order chi connectivity index (χ1) is 19.7. The molecular weight excluding hydrogens is 714 g/mol. The van der Waals surface area contributed by atoms with Crippen molar-refractivity contribution in [3.8, 4) is 11.5 Å². The molecule has 0 unspecified atom stereocenters. The summed E-state index contributed by atoms with van der Waals surface area (Å²) in [7, 11) is 5.89. The van der Waals surface area contributed by atoms with Crippen LogP contribution in [0.4, 0.5) is 0 Å². The van der Waals surface area contributed by atoms with E-state index in [-0.39, 0.29) is 4.75 Å². The third kappa shape index (κ3) is 16.4. The van der Waals surface area contributed by atoms with Gasteiger partial charge in [-0.25, -0.2) is 0 Å². The normalized spacial score (nSPS) is 12.4. The minimum atomic E-state index is -2.73. The molecule has 0 fully saturated rings. The Bertz CT molecular complexity index is 1100. The van der Waals surface area contributed by atoms with Crippen LogP contribution in [0.15, 0.2) is 58.3 Å². The van der Waals surface area contributed by atoms with Crippen molar-refractivity contribution in [2.75, 3.05) is 46.7 Å². The minimum absolute atomic E-state index is 0.269. The average molecular weight is 755 g/mol. The van der Waals surface area contributed by atoms with E-state index in [1.807, 2.05) is 74.1 Å². The Morgan fingerprint density at radius 2 is 1.00 bits per heavy atom. The van der Waals surface area contributed by atoms with Gasteiger partial charge in [-0.2, -0.15) is 0 Å². The standard InChI is InChI=1S/C16H20O6P2S3.C9H21O2PS3/c1-17-23(25,18-2)21-13-5-9-15(10-6-13)27-16-11-7-14(8-12-16)22-24(26,19-3)20-4;1-6-10-12(13,11-7-2)15-8-14-9(3,4)5/h5-12H,1-4H3;6-8H2,1-5H3. The monoisotopic (exact) mass is 754 g/mol. The van der Waals surface area contributed by atoms with Crippen molar-refractivity contribution in [2.45, 2.75) is 49.2 Å². The van der Waals surface area contributed by atoms with Crippen LogP contribution in [0, 0.1) is 0 Å². The van der Waals surface area contributed by atoms with Gasteiger partial charge in [-0.05, 0) is 74.2 Å². The molecule has 0 amide bonds. The summed E-state index contributed by atoms with van der Waals surface area (Å²) < 4.78 is 43.1. The second kappa shape index (κ2) is 20.1. The first-order valence-corrected chi connectivity index (χ1v) is 23.7. The third-order valence-corrected chi connectivity index (χ3v) is 17.7. The first-order valence-electron chi connectivity index (χ1n) is 12.6. The lowest BCUT2D eigenvalue weighted by atomic mass is 10.3. The van der Waals surface area contributed by atoms with Crippen LogP contribution in [0.3, 0.4) is 0 Å². The molecule has 0 saturated heterocycles. The smallest absolute Gasteiger partial charge is 0.380 e. The summed E-state index contributed by atoms with van der Waals surface area (Å²) in [5.74, 6) is 1.19. The fraction of sp³-hybridized carbons (Fsp3) is 0.520. The number of hydrogen-bond donors (Lipinski definition) is 0. The second-order valence-electron chi connectivity index (χ2n) is 8.64. The van der Waals surface area contributed by atoms with Crippen LogP contribution >= 0.6 is 54.0 Å². The Morgan fingerprint density at radius 3 is 1.29 bits per heavy atom. The maximum absolute atomic E-state index is 5.61. The van der Waals surface area contributed by atoms with Gasteiger partial charge in [-0.15, -0.1) is 11.8 Å². The molecule has 0 radical (unpaired) electrons. The van der Waals surface area contributed by atoms with Crippen molar-refractivity contribution in [3.05, 3.63) is 48.5 Å². The molecule has 0 spiro atoms. The van der Waals surface area contributed by atoms with Crippen LogP contribution in [-0.2, 0) is 62.6 Å². The predicted octanol–water partition coefficient (Wildman–Crippen LogP) is 10.1. The molecule has 17 heteroatoms. The van der Waals surface area contributed by atoms with E-state index >= 15 is 0 Å². The summed E-state index contributed by atoms with van der Waals surface area (Å²) in [5, 5.41) is 0.931. The molecular formula is C25H41O8P3S6. The Balaban J connectivity index is 0.000000501. The predicted molar refractivity (Wildman–Crippen MR) is 192 cm³/mol. The van der Waals surface area contributed by atoms with Crippen molar-refractivity contribution < 1.29 is 36.2 Å². The zero-order valence-corrected chi connectivity index (χ0v) is 32.9. The lowest BCUT2D eigenvalue weighted by molar-refractivity contribution is 0.272. The summed E-state index contributed by atoms with van der Waals surface area (Å²) in [6.45, 7) is 6.31. The van der Waals surface area contributed by atoms with Crippen molar-refractivity contribution in [1.82, 2.24) is 0 Å². The van der Waals surface area contributed by atoms with E-state index in [4.69, 9.17) is 71.6 Å². The van der Waals surface area contributed by atoms with Gasteiger partial charge in [-0.1, -0.05) is 43.9 Å². The van der Waals surface area contributed by atoms with E-state index in [2.05, 4.69) is 20.8 Å². The summed E-state index contributed by atoms with van der Waals surface area (Å²) in [4.78, 5) is 2.08. The summed E-state index contributed by atoms with van der Waals surface area (Å²) >= 11 is 20.9. The highest BCUT2D eigenvalue weighted by atomic mass is 32.9. The van der Waals surface area contributed by atoms with Gasteiger partial charge in [0, 0.05) is 71.7 Å². The maximum atomic E-state index is 5.61. The Hall–Kier alpha value is 0.800. The third-order valence-electron chi connectivity index (χ3n) is 4.49. The number of thioether (sulfide) groups is 1. The second-order valence-corrected chi connectivity index (χ2v) is 24.6. The first kappa shape index (κ1) is 40.8. The zero-order chi connectivity index (χ0) is 31.9. The largest absolute Gasteiger partial charge is 0.424 e. The average Bonchev–Trinajstić information content (AvgIpc) is 2.95. The van der Waals surface area contributed by atoms with Crippen LogP contribution in [0.25, 0.3) is 0 Å². The lowest BCUT2D eigenvalue weighted by Crippen LogP contribution is -2.07. The fourth-order valence-corrected chi connectivity index (χ4v) is 12.7. The van der Waals surface area contributed by atoms with Crippen molar-refractivity contribution >= 4 is 89.5 Å². The molecule has 2 aromatic rings. The molecule has 0 aliphatic rings. The van der Waals surface area contributed by atoms with E-state index < -0.39 is 19.1 Å². The molecule has 2 aromatic carbocycles. The molecule has 0 bridgehead atoms. The fourth-order valence-electron chi connectivity index (χ4n) is 2.53. The summed E-state index contributed by atoms with van der Waals surface area (Å²) in [6.07, 6.45) is 0. The molecule has 0 aromatic heterocycles. The SMILES string of the molecule is CCOP(=S)(OCC)SCSC(C)(C)C.COP(=S)(OC)Oc1ccc(Sc2ccc(OP(=S)(OC)OC)cc2)cc1. The molecule has 42 heavy (non-hydrogen) atoms. The molecule has 0 N–H and O–H groups in total.